The number of imidazole rings is 1. The molecule has 2 aromatic rings. The second kappa shape index (κ2) is 8.69. The fourth-order valence-electron chi connectivity index (χ4n) is 2.40. The first-order chi connectivity index (χ1) is 12.7. The van der Waals surface area contributed by atoms with E-state index in [1.807, 2.05) is 0 Å². The SMILES string of the molecule is CCOC(=O)C(C)NC(=O)NCCCn1c(C(F)(F)F)nc2cccnc21. The molecule has 0 spiro atoms. The van der Waals surface area contributed by atoms with E-state index in [9.17, 15) is 22.8 Å². The maximum atomic E-state index is 13.2. The van der Waals surface area contributed by atoms with E-state index in [0.29, 0.717) is 0 Å². The number of pyridine rings is 1. The van der Waals surface area contributed by atoms with E-state index in [4.69, 9.17) is 4.74 Å². The highest BCUT2D eigenvalue weighted by Gasteiger charge is 2.37. The molecular weight excluding hydrogens is 367 g/mol. The van der Waals surface area contributed by atoms with Crippen molar-refractivity contribution in [2.45, 2.75) is 39.0 Å². The Labute approximate surface area is 153 Å². The summed E-state index contributed by atoms with van der Waals surface area (Å²) >= 11 is 0. The summed E-state index contributed by atoms with van der Waals surface area (Å²) in [4.78, 5) is 30.7. The van der Waals surface area contributed by atoms with Crippen LogP contribution < -0.4 is 10.6 Å². The number of carbonyl (C=O) groups is 2. The summed E-state index contributed by atoms with van der Waals surface area (Å²) in [6.07, 6.45) is -3.00. The van der Waals surface area contributed by atoms with Gasteiger partial charge in [-0.25, -0.2) is 19.6 Å². The summed E-state index contributed by atoms with van der Waals surface area (Å²) in [6.45, 7) is 3.38. The number of fused-ring (bicyclic) bond motifs is 1. The number of ether oxygens (including phenoxy) is 1. The normalized spacial score (nSPS) is 12.6. The minimum Gasteiger partial charge on any atom is -0.464 e. The number of carbonyl (C=O) groups excluding carboxylic acids is 2. The number of urea groups is 1. The van der Waals surface area contributed by atoms with Gasteiger partial charge in [0.2, 0.25) is 5.82 Å². The van der Waals surface area contributed by atoms with E-state index in [0.717, 1.165) is 4.57 Å². The van der Waals surface area contributed by atoms with Crippen molar-refractivity contribution in [3.05, 3.63) is 24.2 Å². The summed E-state index contributed by atoms with van der Waals surface area (Å²) in [6, 6.07) is 1.52. The van der Waals surface area contributed by atoms with Crippen molar-refractivity contribution in [2.75, 3.05) is 13.2 Å². The Morgan fingerprint density at radius 1 is 1.37 bits per heavy atom. The lowest BCUT2D eigenvalue weighted by molar-refractivity contribution is -0.147. The topological polar surface area (TPSA) is 98.1 Å². The third-order valence-corrected chi connectivity index (χ3v) is 3.59. The molecule has 0 saturated carbocycles. The minimum absolute atomic E-state index is 0.0317. The van der Waals surface area contributed by atoms with Crippen LogP contribution in [-0.2, 0) is 22.3 Å². The average Bonchev–Trinajstić information content (AvgIpc) is 2.98. The van der Waals surface area contributed by atoms with E-state index < -0.39 is 30.0 Å². The highest BCUT2D eigenvalue weighted by molar-refractivity contribution is 5.83. The summed E-state index contributed by atoms with van der Waals surface area (Å²) in [5.74, 6) is -1.60. The zero-order valence-corrected chi connectivity index (χ0v) is 14.8. The summed E-state index contributed by atoms with van der Waals surface area (Å²) in [5.41, 5.74) is 0.281. The van der Waals surface area contributed by atoms with E-state index in [1.54, 1.807) is 6.92 Å². The summed E-state index contributed by atoms with van der Waals surface area (Å²) in [5, 5.41) is 4.87. The van der Waals surface area contributed by atoms with Gasteiger partial charge >= 0.3 is 18.2 Å². The third kappa shape index (κ3) is 5.31. The van der Waals surface area contributed by atoms with Gasteiger partial charge in [0.05, 0.1) is 6.61 Å². The molecule has 2 N–H and O–H groups in total. The lowest BCUT2D eigenvalue weighted by atomic mass is 10.3. The van der Waals surface area contributed by atoms with E-state index >= 15 is 0 Å². The molecule has 0 saturated heterocycles. The Balaban J connectivity index is 1.92. The maximum absolute atomic E-state index is 13.2. The van der Waals surface area contributed by atoms with E-state index in [-0.39, 0.29) is 37.3 Å². The van der Waals surface area contributed by atoms with E-state index in [2.05, 4.69) is 20.6 Å². The van der Waals surface area contributed by atoms with Crippen molar-refractivity contribution in [1.82, 2.24) is 25.2 Å². The monoisotopic (exact) mass is 387 g/mol. The second-order valence-electron chi connectivity index (χ2n) is 5.66. The molecule has 2 rings (SSSR count). The Hall–Kier alpha value is -2.85. The second-order valence-corrected chi connectivity index (χ2v) is 5.66. The van der Waals surface area contributed by atoms with Gasteiger partial charge in [-0.1, -0.05) is 0 Å². The first-order valence-electron chi connectivity index (χ1n) is 8.33. The summed E-state index contributed by atoms with van der Waals surface area (Å²) in [7, 11) is 0. The molecule has 1 unspecified atom stereocenters. The van der Waals surface area contributed by atoms with Crippen molar-refractivity contribution in [1.29, 1.82) is 0 Å². The van der Waals surface area contributed by atoms with Crippen LogP contribution in [0.4, 0.5) is 18.0 Å². The largest absolute Gasteiger partial charge is 0.464 e. The quantitative estimate of drug-likeness (QED) is 0.560. The number of hydrogen-bond donors (Lipinski definition) is 2. The molecular formula is C16H20F3N5O3. The van der Waals surface area contributed by atoms with Crippen LogP contribution in [0.5, 0.6) is 0 Å². The first-order valence-corrected chi connectivity index (χ1v) is 8.33. The van der Waals surface area contributed by atoms with Crippen LogP contribution in [0.2, 0.25) is 0 Å². The number of nitrogens with zero attached hydrogens (tertiary/aromatic N) is 3. The molecule has 8 nitrogen and oxygen atoms in total. The molecule has 2 amide bonds. The molecule has 0 fully saturated rings. The van der Waals surface area contributed by atoms with Crippen LogP contribution in [0.1, 0.15) is 26.1 Å². The van der Waals surface area contributed by atoms with Gasteiger partial charge in [0.1, 0.15) is 11.6 Å². The number of esters is 1. The molecule has 148 valence electrons. The van der Waals surface area contributed by atoms with Gasteiger partial charge < -0.3 is 19.9 Å². The molecule has 27 heavy (non-hydrogen) atoms. The Kier molecular flexibility index (Phi) is 6.59. The lowest BCUT2D eigenvalue weighted by Crippen LogP contribution is -2.45. The Morgan fingerprint density at radius 2 is 2.11 bits per heavy atom. The highest BCUT2D eigenvalue weighted by Crippen LogP contribution is 2.30. The number of aryl methyl sites for hydroxylation is 1. The predicted octanol–water partition coefficient (Wildman–Crippen LogP) is 2.09. The van der Waals surface area contributed by atoms with Crippen LogP contribution in [-0.4, -0.2) is 45.7 Å². The van der Waals surface area contributed by atoms with Crippen LogP contribution in [0.3, 0.4) is 0 Å². The van der Waals surface area contributed by atoms with Gasteiger partial charge in [0.15, 0.2) is 5.65 Å². The highest BCUT2D eigenvalue weighted by atomic mass is 19.4. The van der Waals surface area contributed by atoms with Crippen molar-refractivity contribution in [3.63, 3.8) is 0 Å². The number of halogens is 3. The number of aromatic nitrogens is 3. The number of hydrogen-bond acceptors (Lipinski definition) is 5. The standard InChI is InChI=1S/C16H20F3N5O3/c1-3-27-13(25)10(2)22-15(26)21-8-5-9-24-12-11(6-4-7-20-12)23-14(24)16(17,18)19/h4,6-7,10H,3,5,8-9H2,1-2H3,(H2,21,22,26). The van der Waals surface area contributed by atoms with Crippen molar-refractivity contribution in [3.8, 4) is 0 Å². The molecule has 2 heterocycles. The van der Waals surface area contributed by atoms with Gasteiger partial charge in [0.25, 0.3) is 0 Å². The van der Waals surface area contributed by atoms with Crippen LogP contribution in [0.25, 0.3) is 11.2 Å². The Morgan fingerprint density at radius 3 is 2.78 bits per heavy atom. The molecule has 0 aliphatic carbocycles. The average molecular weight is 387 g/mol. The molecule has 0 bridgehead atoms. The minimum atomic E-state index is -4.61. The van der Waals surface area contributed by atoms with Crippen LogP contribution >= 0.6 is 0 Å². The van der Waals surface area contributed by atoms with Gasteiger partial charge in [-0.05, 0) is 32.4 Å². The number of nitrogens with one attached hydrogen (secondary N) is 2. The van der Waals surface area contributed by atoms with Gasteiger partial charge in [0, 0.05) is 19.3 Å². The van der Waals surface area contributed by atoms with Gasteiger partial charge in [-0.3, -0.25) is 0 Å². The van der Waals surface area contributed by atoms with Crippen LogP contribution in [0.15, 0.2) is 18.3 Å². The fraction of sp³-hybridized carbons (Fsp3) is 0.500. The molecule has 2 aromatic heterocycles. The third-order valence-electron chi connectivity index (χ3n) is 3.59. The van der Waals surface area contributed by atoms with Crippen molar-refractivity contribution >= 4 is 23.2 Å². The Bertz CT molecular complexity index is 806. The molecule has 11 heteroatoms. The zero-order valence-electron chi connectivity index (χ0n) is 14.8. The number of alkyl halides is 3. The van der Waals surface area contributed by atoms with Crippen LogP contribution in [0, 0.1) is 0 Å². The molecule has 0 aliphatic heterocycles. The lowest BCUT2D eigenvalue weighted by Gasteiger charge is -2.14. The maximum Gasteiger partial charge on any atom is 0.449 e. The summed E-state index contributed by atoms with van der Waals surface area (Å²) < 4.78 is 45.3. The van der Waals surface area contributed by atoms with Crippen molar-refractivity contribution < 1.29 is 27.5 Å². The predicted molar refractivity (Wildman–Crippen MR) is 89.8 cm³/mol. The van der Waals surface area contributed by atoms with E-state index in [1.165, 1.54) is 25.3 Å². The smallest absolute Gasteiger partial charge is 0.449 e. The zero-order chi connectivity index (χ0) is 20.0. The molecule has 0 radical (unpaired) electrons. The van der Waals surface area contributed by atoms with Gasteiger partial charge in [-0.2, -0.15) is 13.2 Å². The molecule has 1 atom stereocenters. The number of rotatable bonds is 7. The first kappa shape index (κ1) is 20.5. The molecule has 0 aromatic carbocycles. The van der Waals surface area contributed by atoms with Gasteiger partial charge in [-0.15, -0.1) is 0 Å². The number of amides is 2. The van der Waals surface area contributed by atoms with Crippen molar-refractivity contribution in [2.24, 2.45) is 0 Å². The fourth-order valence-corrected chi connectivity index (χ4v) is 2.40. The molecule has 0 aliphatic rings.